The normalized spacial score (nSPS) is 13.7. The molecule has 0 spiro atoms. The molecule has 0 aliphatic carbocycles. The summed E-state index contributed by atoms with van der Waals surface area (Å²) in [5.74, 6) is -0.787. The van der Waals surface area contributed by atoms with Crippen LogP contribution < -0.4 is 21.1 Å². The van der Waals surface area contributed by atoms with E-state index in [0.717, 1.165) is 31.6 Å². The van der Waals surface area contributed by atoms with Crippen LogP contribution in [0.2, 0.25) is 5.02 Å². The largest absolute Gasteiger partial charge is 0.507 e. The van der Waals surface area contributed by atoms with Gasteiger partial charge in [0.1, 0.15) is 5.75 Å². The molecular weight excluding hydrogens is 368 g/mol. The van der Waals surface area contributed by atoms with Gasteiger partial charge in [-0.25, -0.2) is 10.2 Å². The zero-order valence-corrected chi connectivity index (χ0v) is 15.4. The topological polar surface area (TPSA) is 93.7 Å². The van der Waals surface area contributed by atoms with Gasteiger partial charge in [-0.15, -0.1) is 0 Å². The number of halogens is 1. The molecular formula is C19H21ClN4O3. The molecule has 3 rings (SSSR count). The number of para-hydroxylation sites is 1. The zero-order valence-electron chi connectivity index (χ0n) is 14.7. The van der Waals surface area contributed by atoms with E-state index in [0.29, 0.717) is 10.7 Å². The summed E-state index contributed by atoms with van der Waals surface area (Å²) >= 11 is 6.08. The summed E-state index contributed by atoms with van der Waals surface area (Å²) in [6, 6.07) is 10.8. The first-order valence-corrected chi connectivity index (χ1v) is 9.12. The summed E-state index contributed by atoms with van der Waals surface area (Å²) in [5.41, 5.74) is 6.07. The maximum absolute atomic E-state index is 12.2. The van der Waals surface area contributed by atoms with Crippen LogP contribution in [0.1, 0.15) is 29.6 Å². The smallest absolute Gasteiger partial charge is 0.337 e. The molecule has 27 heavy (non-hydrogen) atoms. The van der Waals surface area contributed by atoms with Gasteiger partial charge in [0.15, 0.2) is 0 Å². The van der Waals surface area contributed by atoms with Crippen LogP contribution in [0.15, 0.2) is 42.5 Å². The highest BCUT2D eigenvalue weighted by atomic mass is 35.5. The molecule has 8 heteroatoms. The first-order chi connectivity index (χ1) is 13.0. The van der Waals surface area contributed by atoms with Crippen molar-refractivity contribution in [3.8, 4) is 5.75 Å². The van der Waals surface area contributed by atoms with Crippen molar-refractivity contribution in [3.05, 3.63) is 53.1 Å². The number of urea groups is 1. The number of piperidine rings is 1. The summed E-state index contributed by atoms with van der Waals surface area (Å²) in [5, 5.41) is 12.9. The van der Waals surface area contributed by atoms with Crippen LogP contribution in [0.25, 0.3) is 0 Å². The quantitative estimate of drug-likeness (QED) is 0.605. The van der Waals surface area contributed by atoms with Gasteiger partial charge in [-0.1, -0.05) is 23.7 Å². The standard InChI is InChI=1S/C19H21ClN4O3/c20-13-8-9-16(24-10-4-1-5-11-24)15(12-13)21-19(27)23-22-18(26)14-6-2-3-7-17(14)25/h2-3,6-9,12,25H,1,4-5,10-11H2,(H,22,26)(H2,21,23,27). The third kappa shape index (κ3) is 4.83. The summed E-state index contributed by atoms with van der Waals surface area (Å²) in [6.07, 6.45) is 3.40. The third-order valence-electron chi connectivity index (χ3n) is 4.34. The van der Waals surface area contributed by atoms with E-state index in [9.17, 15) is 14.7 Å². The maximum atomic E-state index is 12.2. The lowest BCUT2D eigenvalue weighted by Gasteiger charge is -2.30. The van der Waals surface area contributed by atoms with Crippen molar-refractivity contribution in [1.82, 2.24) is 10.9 Å². The Morgan fingerprint density at radius 2 is 1.74 bits per heavy atom. The average molecular weight is 389 g/mol. The minimum Gasteiger partial charge on any atom is -0.507 e. The van der Waals surface area contributed by atoms with Gasteiger partial charge in [0, 0.05) is 18.1 Å². The number of nitrogens with one attached hydrogen (secondary N) is 3. The van der Waals surface area contributed by atoms with E-state index in [1.807, 2.05) is 6.07 Å². The number of anilines is 2. The van der Waals surface area contributed by atoms with Crippen LogP contribution in [0, 0.1) is 0 Å². The van der Waals surface area contributed by atoms with E-state index in [4.69, 9.17) is 11.6 Å². The van der Waals surface area contributed by atoms with E-state index in [2.05, 4.69) is 21.1 Å². The highest BCUT2D eigenvalue weighted by Gasteiger charge is 2.17. The fourth-order valence-corrected chi connectivity index (χ4v) is 3.19. The number of amides is 3. The van der Waals surface area contributed by atoms with Gasteiger partial charge in [-0.05, 0) is 49.6 Å². The molecule has 1 fully saturated rings. The fourth-order valence-electron chi connectivity index (χ4n) is 3.02. The second kappa shape index (κ2) is 8.64. The lowest BCUT2D eigenvalue weighted by Crippen LogP contribution is -2.44. The van der Waals surface area contributed by atoms with Crippen molar-refractivity contribution >= 4 is 34.9 Å². The summed E-state index contributed by atoms with van der Waals surface area (Å²) in [7, 11) is 0. The highest BCUT2D eigenvalue weighted by Crippen LogP contribution is 2.31. The third-order valence-corrected chi connectivity index (χ3v) is 4.58. The van der Waals surface area contributed by atoms with Gasteiger partial charge in [0.05, 0.1) is 16.9 Å². The monoisotopic (exact) mass is 388 g/mol. The number of phenolic OH excluding ortho intramolecular Hbond substituents is 1. The number of phenols is 1. The van der Waals surface area contributed by atoms with Crippen LogP contribution in [-0.2, 0) is 0 Å². The molecule has 2 aromatic carbocycles. The van der Waals surface area contributed by atoms with Crippen molar-refractivity contribution in [3.63, 3.8) is 0 Å². The Morgan fingerprint density at radius 1 is 1.00 bits per heavy atom. The number of hydrazine groups is 1. The van der Waals surface area contributed by atoms with Crippen LogP contribution in [0.4, 0.5) is 16.2 Å². The van der Waals surface area contributed by atoms with Crippen LogP contribution >= 0.6 is 11.6 Å². The Labute approximate surface area is 162 Å². The van der Waals surface area contributed by atoms with E-state index in [1.54, 1.807) is 24.3 Å². The van der Waals surface area contributed by atoms with Gasteiger partial charge in [-0.2, -0.15) is 0 Å². The molecule has 0 saturated carbocycles. The first-order valence-electron chi connectivity index (χ1n) is 8.74. The van der Waals surface area contributed by atoms with E-state index >= 15 is 0 Å². The molecule has 142 valence electrons. The minimum atomic E-state index is -0.620. The molecule has 0 aromatic heterocycles. The van der Waals surface area contributed by atoms with E-state index in [1.165, 1.54) is 18.6 Å². The lowest BCUT2D eigenvalue weighted by molar-refractivity contribution is 0.0935. The van der Waals surface area contributed by atoms with Crippen molar-refractivity contribution < 1.29 is 14.7 Å². The van der Waals surface area contributed by atoms with Gasteiger partial charge in [0.2, 0.25) is 0 Å². The summed E-state index contributed by atoms with van der Waals surface area (Å²) in [6.45, 7) is 1.84. The number of hydrogen-bond donors (Lipinski definition) is 4. The fraction of sp³-hybridized carbons (Fsp3) is 0.263. The number of carbonyl (C=O) groups is 2. The lowest BCUT2D eigenvalue weighted by atomic mass is 10.1. The van der Waals surface area contributed by atoms with Gasteiger partial charge in [0.25, 0.3) is 5.91 Å². The van der Waals surface area contributed by atoms with Crippen molar-refractivity contribution in [2.45, 2.75) is 19.3 Å². The predicted octanol–water partition coefficient (Wildman–Crippen LogP) is 3.50. The maximum Gasteiger partial charge on any atom is 0.337 e. The minimum absolute atomic E-state index is 0.0644. The molecule has 1 heterocycles. The Hall–Kier alpha value is -2.93. The molecule has 1 aliphatic heterocycles. The molecule has 0 bridgehead atoms. The molecule has 0 radical (unpaired) electrons. The number of hydrogen-bond acceptors (Lipinski definition) is 4. The molecule has 4 N–H and O–H groups in total. The Morgan fingerprint density at radius 3 is 2.48 bits per heavy atom. The van der Waals surface area contributed by atoms with Crippen molar-refractivity contribution in [2.24, 2.45) is 0 Å². The molecule has 1 aliphatic rings. The van der Waals surface area contributed by atoms with Crippen LogP contribution in [0.3, 0.4) is 0 Å². The molecule has 0 unspecified atom stereocenters. The molecule has 1 saturated heterocycles. The zero-order chi connectivity index (χ0) is 19.2. The first kappa shape index (κ1) is 18.8. The van der Waals surface area contributed by atoms with Crippen molar-refractivity contribution in [1.29, 1.82) is 0 Å². The Balaban J connectivity index is 1.64. The Bertz CT molecular complexity index is 837. The number of benzene rings is 2. The highest BCUT2D eigenvalue weighted by molar-refractivity contribution is 6.31. The molecule has 0 atom stereocenters. The SMILES string of the molecule is O=C(NNC(=O)c1ccccc1O)Nc1cc(Cl)ccc1N1CCCCC1. The number of nitrogens with zero attached hydrogens (tertiary/aromatic N) is 1. The van der Waals surface area contributed by atoms with Crippen LogP contribution in [-0.4, -0.2) is 30.1 Å². The second-order valence-electron chi connectivity index (χ2n) is 6.26. The molecule has 7 nitrogen and oxygen atoms in total. The summed E-state index contributed by atoms with van der Waals surface area (Å²) < 4.78 is 0. The second-order valence-corrected chi connectivity index (χ2v) is 6.70. The Kier molecular flexibility index (Phi) is 6.03. The van der Waals surface area contributed by atoms with E-state index < -0.39 is 11.9 Å². The predicted molar refractivity (Wildman–Crippen MR) is 105 cm³/mol. The van der Waals surface area contributed by atoms with Gasteiger partial charge >= 0.3 is 6.03 Å². The van der Waals surface area contributed by atoms with Crippen LogP contribution in [0.5, 0.6) is 5.75 Å². The number of carbonyl (C=O) groups excluding carboxylic acids is 2. The summed E-state index contributed by atoms with van der Waals surface area (Å²) in [4.78, 5) is 26.5. The van der Waals surface area contributed by atoms with Gasteiger partial charge in [-0.3, -0.25) is 10.2 Å². The molecule has 3 amide bonds. The van der Waals surface area contributed by atoms with Crippen molar-refractivity contribution in [2.75, 3.05) is 23.3 Å². The number of rotatable bonds is 3. The van der Waals surface area contributed by atoms with Gasteiger partial charge < -0.3 is 15.3 Å². The number of aromatic hydroxyl groups is 1. The average Bonchev–Trinajstić information content (AvgIpc) is 2.67. The van der Waals surface area contributed by atoms with E-state index in [-0.39, 0.29) is 11.3 Å². The molecule has 2 aromatic rings.